The maximum atomic E-state index is 12.2. The average Bonchev–Trinajstić information content (AvgIpc) is 2.94. The molecule has 0 fully saturated rings. The van der Waals surface area contributed by atoms with E-state index in [1.807, 2.05) is 0 Å². The number of hydrogen-bond donors (Lipinski definition) is 2. The molecule has 0 saturated carbocycles. The zero-order valence-corrected chi connectivity index (χ0v) is 11.7. The van der Waals surface area contributed by atoms with Gasteiger partial charge in [-0.25, -0.2) is 17.9 Å². The van der Waals surface area contributed by atoms with Crippen LogP contribution in [0.5, 0.6) is 0 Å². The van der Waals surface area contributed by atoms with E-state index in [4.69, 9.17) is 13.9 Å². The van der Waals surface area contributed by atoms with Crippen molar-refractivity contribution in [2.45, 2.75) is 25.3 Å². The van der Waals surface area contributed by atoms with Crippen molar-refractivity contribution in [3.8, 4) is 0 Å². The highest BCUT2D eigenvalue weighted by Gasteiger charge is 2.30. The summed E-state index contributed by atoms with van der Waals surface area (Å²) in [5.41, 5.74) is -0.352. The maximum absolute atomic E-state index is 12.2. The first-order valence-corrected chi connectivity index (χ1v) is 7.16. The van der Waals surface area contributed by atoms with Gasteiger partial charge >= 0.3 is 5.97 Å². The van der Waals surface area contributed by atoms with Crippen molar-refractivity contribution < 1.29 is 27.2 Å². The second-order valence-electron chi connectivity index (χ2n) is 4.13. The molecule has 0 radical (unpaired) electrons. The summed E-state index contributed by atoms with van der Waals surface area (Å²) < 4.78 is 36.8. The Morgan fingerprint density at radius 1 is 1.35 bits per heavy atom. The third-order valence-corrected chi connectivity index (χ3v) is 4.26. The Bertz CT molecular complexity index is 726. The average molecular weight is 299 g/mol. The number of hydrogen-bond acceptors (Lipinski definition) is 5. The minimum Gasteiger partial charge on any atom is -0.478 e. The van der Waals surface area contributed by atoms with Crippen molar-refractivity contribution >= 4 is 16.0 Å². The normalized spacial score (nSPS) is 11.7. The molecule has 0 aliphatic rings. The molecule has 0 aromatic carbocycles. The van der Waals surface area contributed by atoms with Gasteiger partial charge in [-0.1, -0.05) is 0 Å². The van der Waals surface area contributed by atoms with Gasteiger partial charge in [0.25, 0.3) is 0 Å². The topological polar surface area (TPSA) is 110 Å². The van der Waals surface area contributed by atoms with Crippen molar-refractivity contribution in [1.82, 2.24) is 4.72 Å². The molecule has 0 amide bonds. The summed E-state index contributed by atoms with van der Waals surface area (Å²) >= 11 is 0. The molecular weight excluding hydrogens is 286 g/mol. The van der Waals surface area contributed by atoms with Gasteiger partial charge in [-0.05, 0) is 26.0 Å². The van der Waals surface area contributed by atoms with Crippen LogP contribution in [0.3, 0.4) is 0 Å². The minimum absolute atomic E-state index is 0.0341. The van der Waals surface area contributed by atoms with Crippen molar-refractivity contribution in [3.05, 3.63) is 41.2 Å². The van der Waals surface area contributed by atoms with Crippen LogP contribution in [0.2, 0.25) is 0 Å². The second-order valence-corrected chi connectivity index (χ2v) is 5.83. The first-order valence-electron chi connectivity index (χ1n) is 5.68. The smallest absolute Gasteiger partial charge is 0.340 e. The van der Waals surface area contributed by atoms with E-state index >= 15 is 0 Å². The Labute approximate surface area is 115 Å². The molecule has 0 atom stereocenters. The van der Waals surface area contributed by atoms with Crippen LogP contribution < -0.4 is 4.72 Å². The molecule has 0 bridgehead atoms. The Hall–Kier alpha value is -2.06. The van der Waals surface area contributed by atoms with Crippen LogP contribution in [0, 0.1) is 13.8 Å². The van der Waals surface area contributed by atoms with Gasteiger partial charge in [0.1, 0.15) is 27.7 Å². The van der Waals surface area contributed by atoms with Gasteiger partial charge in [0.15, 0.2) is 0 Å². The molecule has 0 aliphatic carbocycles. The van der Waals surface area contributed by atoms with Crippen LogP contribution in [0.1, 0.15) is 27.6 Å². The minimum atomic E-state index is -4.01. The Kier molecular flexibility index (Phi) is 3.69. The molecule has 2 rings (SSSR count). The lowest BCUT2D eigenvalue weighted by atomic mass is 10.2. The summed E-state index contributed by atoms with van der Waals surface area (Å²) in [6, 6.07) is 3.23. The summed E-state index contributed by atoms with van der Waals surface area (Å²) in [5, 5.41) is 9.10. The highest BCUT2D eigenvalue weighted by Crippen LogP contribution is 2.26. The second kappa shape index (κ2) is 5.14. The van der Waals surface area contributed by atoms with Crippen LogP contribution in [0.25, 0.3) is 0 Å². The number of sulfonamides is 1. The molecule has 20 heavy (non-hydrogen) atoms. The Morgan fingerprint density at radius 3 is 2.60 bits per heavy atom. The fourth-order valence-corrected chi connectivity index (χ4v) is 3.28. The monoisotopic (exact) mass is 299 g/mol. The number of carboxylic acid groups (broad SMARTS) is 1. The van der Waals surface area contributed by atoms with Gasteiger partial charge < -0.3 is 13.9 Å². The molecule has 108 valence electrons. The molecule has 2 aromatic rings. The van der Waals surface area contributed by atoms with Gasteiger partial charge in [-0.2, -0.15) is 0 Å². The summed E-state index contributed by atoms with van der Waals surface area (Å²) in [4.78, 5) is 10.8. The zero-order chi connectivity index (χ0) is 14.9. The zero-order valence-electron chi connectivity index (χ0n) is 10.8. The highest BCUT2D eigenvalue weighted by molar-refractivity contribution is 7.89. The van der Waals surface area contributed by atoms with Crippen LogP contribution >= 0.6 is 0 Å². The fourth-order valence-electron chi connectivity index (χ4n) is 1.89. The number of rotatable bonds is 5. The Morgan fingerprint density at radius 2 is 2.05 bits per heavy atom. The van der Waals surface area contributed by atoms with E-state index in [9.17, 15) is 13.2 Å². The standard InChI is InChI=1S/C12H13NO6S/c1-7-10(12(14)15)11(8(2)19-7)20(16,17)13-6-9-4-3-5-18-9/h3-5,13H,6H2,1-2H3,(H,14,15). The van der Waals surface area contributed by atoms with Crippen LogP contribution in [0.15, 0.2) is 32.1 Å². The fraction of sp³-hybridized carbons (Fsp3) is 0.250. The number of aryl methyl sites for hydroxylation is 2. The lowest BCUT2D eigenvalue weighted by Gasteiger charge is -2.05. The number of carboxylic acids is 1. The predicted octanol–water partition coefficient (Wildman–Crippen LogP) is 1.67. The number of nitrogens with one attached hydrogen (secondary N) is 1. The van der Waals surface area contributed by atoms with Crippen molar-refractivity contribution in [2.24, 2.45) is 0 Å². The van der Waals surface area contributed by atoms with E-state index in [1.54, 1.807) is 12.1 Å². The summed E-state index contributed by atoms with van der Waals surface area (Å²) in [5.74, 6) is -0.846. The lowest BCUT2D eigenvalue weighted by molar-refractivity contribution is 0.0691. The summed E-state index contributed by atoms with van der Waals surface area (Å²) in [7, 11) is -4.01. The Balaban J connectivity index is 2.37. The number of carbonyl (C=O) groups is 1. The third-order valence-electron chi connectivity index (χ3n) is 2.70. The van der Waals surface area contributed by atoms with Crippen molar-refractivity contribution in [1.29, 1.82) is 0 Å². The van der Waals surface area contributed by atoms with Crippen molar-refractivity contribution in [2.75, 3.05) is 0 Å². The van der Waals surface area contributed by atoms with E-state index in [0.29, 0.717) is 5.76 Å². The first-order chi connectivity index (χ1) is 9.33. The molecule has 0 unspecified atom stereocenters. The van der Waals surface area contributed by atoms with Gasteiger partial charge in [0, 0.05) is 0 Å². The lowest BCUT2D eigenvalue weighted by Crippen LogP contribution is -2.25. The molecule has 0 spiro atoms. The number of aromatic carboxylic acids is 1. The molecule has 0 saturated heterocycles. The largest absolute Gasteiger partial charge is 0.478 e. The van der Waals surface area contributed by atoms with Crippen LogP contribution in [-0.2, 0) is 16.6 Å². The van der Waals surface area contributed by atoms with Gasteiger partial charge in [-0.15, -0.1) is 0 Å². The van der Waals surface area contributed by atoms with Gasteiger partial charge in [-0.3, -0.25) is 0 Å². The SMILES string of the molecule is Cc1oc(C)c(S(=O)(=O)NCc2ccco2)c1C(=O)O. The molecule has 8 heteroatoms. The molecule has 7 nitrogen and oxygen atoms in total. The molecule has 2 N–H and O–H groups in total. The predicted molar refractivity (Wildman–Crippen MR) is 67.9 cm³/mol. The van der Waals surface area contributed by atoms with Crippen molar-refractivity contribution in [3.63, 3.8) is 0 Å². The van der Waals surface area contributed by atoms with E-state index in [1.165, 1.54) is 20.1 Å². The number of furan rings is 2. The van der Waals surface area contributed by atoms with Gasteiger partial charge in [0.2, 0.25) is 10.0 Å². The summed E-state index contributed by atoms with van der Waals surface area (Å²) in [6.07, 6.45) is 1.42. The van der Waals surface area contributed by atoms with Crippen LogP contribution in [0.4, 0.5) is 0 Å². The maximum Gasteiger partial charge on any atom is 0.340 e. The first kappa shape index (κ1) is 14.4. The molecule has 2 heterocycles. The van der Waals surface area contributed by atoms with E-state index < -0.39 is 16.0 Å². The molecule has 0 aliphatic heterocycles. The molecular formula is C12H13NO6S. The van der Waals surface area contributed by atoms with E-state index in [-0.39, 0.29) is 28.5 Å². The van der Waals surface area contributed by atoms with E-state index in [2.05, 4.69) is 4.72 Å². The third kappa shape index (κ3) is 2.61. The summed E-state index contributed by atoms with van der Waals surface area (Å²) in [6.45, 7) is 2.74. The van der Waals surface area contributed by atoms with Gasteiger partial charge in [0.05, 0.1) is 12.8 Å². The van der Waals surface area contributed by atoms with E-state index in [0.717, 1.165) is 0 Å². The molecule has 2 aromatic heterocycles. The highest BCUT2D eigenvalue weighted by atomic mass is 32.2. The van der Waals surface area contributed by atoms with Crippen LogP contribution in [-0.4, -0.2) is 19.5 Å². The quantitative estimate of drug-likeness (QED) is 0.869.